The second-order valence-electron chi connectivity index (χ2n) is 8.03. The van der Waals surface area contributed by atoms with Gasteiger partial charge >= 0.3 is 0 Å². The van der Waals surface area contributed by atoms with Crippen LogP contribution in [0.3, 0.4) is 0 Å². The summed E-state index contributed by atoms with van der Waals surface area (Å²) in [5.41, 5.74) is 1.71. The lowest BCUT2D eigenvalue weighted by Gasteiger charge is -2.20. The second kappa shape index (κ2) is 12.2. The van der Waals surface area contributed by atoms with Crippen molar-refractivity contribution >= 4 is 52.1 Å². The quantitative estimate of drug-likeness (QED) is 0.314. The number of hydrogen-bond donors (Lipinski definition) is 1. The number of nitrogens with zero attached hydrogens (tertiary/aromatic N) is 3. The number of benzene rings is 2. The highest BCUT2D eigenvalue weighted by Crippen LogP contribution is 2.27. The standard InChI is InChI=1S/C26H32Cl2N4O/c1-5-32(6-2)15-7-8-18(3)29-26-22-17-21(33-4)12-13-24(22)30-25(31-26)14-10-19-9-11-20(27)16-23(19)28/h9-14,16-18H,5-8,15H2,1-4H3,(H,29,30,31)/b14-10+/t18-/m1/s1. The Bertz CT molecular complexity index is 1100. The van der Waals surface area contributed by atoms with Crippen molar-refractivity contribution in [3.05, 3.63) is 57.8 Å². The fraction of sp³-hybridized carbons (Fsp3) is 0.385. The molecule has 0 unspecified atom stereocenters. The van der Waals surface area contributed by atoms with Gasteiger partial charge in [0, 0.05) is 21.5 Å². The lowest BCUT2D eigenvalue weighted by Crippen LogP contribution is -2.25. The minimum atomic E-state index is 0.271. The van der Waals surface area contributed by atoms with Crippen molar-refractivity contribution < 1.29 is 4.74 Å². The van der Waals surface area contributed by atoms with Crippen molar-refractivity contribution in [3.63, 3.8) is 0 Å². The summed E-state index contributed by atoms with van der Waals surface area (Å²) in [6, 6.07) is 11.5. The second-order valence-corrected chi connectivity index (χ2v) is 8.87. The molecule has 0 aliphatic carbocycles. The third-order valence-electron chi connectivity index (χ3n) is 5.68. The van der Waals surface area contributed by atoms with Crippen molar-refractivity contribution in [2.45, 2.75) is 39.7 Å². The van der Waals surface area contributed by atoms with Crippen LogP contribution in [0.5, 0.6) is 5.75 Å². The third-order valence-corrected chi connectivity index (χ3v) is 6.25. The van der Waals surface area contributed by atoms with Gasteiger partial charge in [-0.1, -0.05) is 43.1 Å². The van der Waals surface area contributed by atoms with Gasteiger partial charge in [0.25, 0.3) is 0 Å². The number of rotatable bonds is 11. The maximum Gasteiger partial charge on any atom is 0.154 e. The van der Waals surface area contributed by atoms with E-state index >= 15 is 0 Å². The molecule has 0 amide bonds. The maximum atomic E-state index is 6.31. The number of fused-ring (bicyclic) bond motifs is 1. The number of aromatic nitrogens is 2. The van der Waals surface area contributed by atoms with Crippen molar-refractivity contribution in [3.8, 4) is 5.75 Å². The first-order valence-corrected chi connectivity index (χ1v) is 12.2. The number of halogens is 2. The van der Waals surface area contributed by atoms with E-state index in [2.05, 4.69) is 31.0 Å². The van der Waals surface area contributed by atoms with Crippen molar-refractivity contribution in [2.75, 3.05) is 32.1 Å². The Kier molecular flexibility index (Phi) is 9.36. The highest BCUT2D eigenvalue weighted by molar-refractivity contribution is 6.35. The number of anilines is 1. The molecule has 1 N–H and O–H groups in total. The van der Waals surface area contributed by atoms with Crippen LogP contribution >= 0.6 is 23.2 Å². The number of ether oxygens (including phenoxy) is 1. The maximum absolute atomic E-state index is 6.31. The Labute approximate surface area is 206 Å². The zero-order valence-corrected chi connectivity index (χ0v) is 21.2. The molecule has 2 aromatic carbocycles. The topological polar surface area (TPSA) is 50.3 Å². The van der Waals surface area contributed by atoms with Crippen LogP contribution in [0.2, 0.25) is 10.0 Å². The van der Waals surface area contributed by atoms with Gasteiger partial charge < -0.3 is 15.0 Å². The predicted octanol–water partition coefficient (Wildman–Crippen LogP) is 7.04. The molecule has 3 aromatic rings. The van der Waals surface area contributed by atoms with E-state index in [0.29, 0.717) is 15.9 Å². The molecule has 0 fully saturated rings. The molecule has 0 saturated heterocycles. The number of methoxy groups -OCH3 is 1. The number of nitrogens with one attached hydrogen (secondary N) is 1. The molecule has 0 aliphatic rings. The van der Waals surface area contributed by atoms with E-state index < -0.39 is 0 Å². The molecule has 1 atom stereocenters. The van der Waals surface area contributed by atoms with Crippen LogP contribution in [-0.2, 0) is 0 Å². The van der Waals surface area contributed by atoms with Gasteiger partial charge in [0.15, 0.2) is 5.82 Å². The molecule has 0 spiro atoms. The first-order valence-electron chi connectivity index (χ1n) is 11.4. The summed E-state index contributed by atoms with van der Waals surface area (Å²) < 4.78 is 5.43. The van der Waals surface area contributed by atoms with E-state index in [0.717, 1.165) is 60.5 Å². The molecule has 7 heteroatoms. The summed E-state index contributed by atoms with van der Waals surface area (Å²) in [6.45, 7) is 9.88. The Morgan fingerprint density at radius 3 is 2.55 bits per heavy atom. The summed E-state index contributed by atoms with van der Waals surface area (Å²) in [4.78, 5) is 12.0. The summed E-state index contributed by atoms with van der Waals surface area (Å²) >= 11 is 12.3. The largest absolute Gasteiger partial charge is 0.497 e. The first-order chi connectivity index (χ1) is 15.9. The molecule has 1 aromatic heterocycles. The zero-order chi connectivity index (χ0) is 23.8. The van der Waals surface area contributed by atoms with Crippen molar-refractivity contribution in [2.24, 2.45) is 0 Å². The SMILES string of the molecule is CCN(CC)CCC[C@@H](C)Nc1nc(/C=C/c2ccc(Cl)cc2Cl)nc2ccc(OC)cc12. The minimum absolute atomic E-state index is 0.271. The monoisotopic (exact) mass is 486 g/mol. The molecular formula is C26H32Cl2N4O. The van der Waals surface area contributed by atoms with Crippen molar-refractivity contribution in [1.29, 1.82) is 0 Å². The predicted molar refractivity (Wildman–Crippen MR) is 142 cm³/mol. The van der Waals surface area contributed by atoms with E-state index in [1.165, 1.54) is 0 Å². The van der Waals surface area contributed by atoms with Crippen LogP contribution in [-0.4, -0.2) is 47.7 Å². The van der Waals surface area contributed by atoms with E-state index in [9.17, 15) is 0 Å². The summed E-state index contributed by atoms with van der Waals surface area (Å²) in [5.74, 6) is 2.19. The molecule has 3 rings (SSSR count). The van der Waals surface area contributed by atoms with Gasteiger partial charge in [-0.15, -0.1) is 0 Å². The van der Waals surface area contributed by atoms with Gasteiger partial charge in [-0.3, -0.25) is 0 Å². The highest BCUT2D eigenvalue weighted by Gasteiger charge is 2.12. The Balaban J connectivity index is 1.85. The molecule has 0 aliphatic heterocycles. The van der Waals surface area contributed by atoms with Crippen LogP contribution in [0.25, 0.3) is 23.1 Å². The fourth-order valence-electron chi connectivity index (χ4n) is 3.70. The first kappa shape index (κ1) is 25.3. The molecule has 176 valence electrons. The normalized spacial score (nSPS) is 12.6. The fourth-order valence-corrected chi connectivity index (χ4v) is 4.18. The average Bonchev–Trinajstić information content (AvgIpc) is 2.81. The van der Waals surface area contributed by atoms with Gasteiger partial charge in [0.05, 0.1) is 12.6 Å². The van der Waals surface area contributed by atoms with Gasteiger partial charge in [0.1, 0.15) is 11.6 Å². The zero-order valence-electron chi connectivity index (χ0n) is 19.7. The van der Waals surface area contributed by atoms with Gasteiger partial charge in [0.2, 0.25) is 0 Å². The summed E-state index contributed by atoms with van der Waals surface area (Å²) in [6.07, 6.45) is 5.96. The van der Waals surface area contributed by atoms with Crippen LogP contribution in [0, 0.1) is 0 Å². The van der Waals surface area contributed by atoms with E-state index in [-0.39, 0.29) is 6.04 Å². The Hall–Kier alpha value is -2.34. The van der Waals surface area contributed by atoms with E-state index in [4.69, 9.17) is 37.9 Å². The molecule has 5 nitrogen and oxygen atoms in total. The molecular weight excluding hydrogens is 455 g/mol. The Morgan fingerprint density at radius 1 is 1.06 bits per heavy atom. The van der Waals surface area contributed by atoms with Crippen molar-refractivity contribution in [1.82, 2.24) is 14.9 Å². The van der Waals surface area contributed by atoms with E-state index in [1.807, 2.05) is 42.5 Å². The highest BCUT2D eigenvalue weighted by atomic mass is 35.5. The molecule has 33 heavy (non-hydrogen) atoms. The third kappa shape index (κ3) is 7.07. The summed E-state index contributed by atoms with van der Waals surface area (Å²) in [7, 11) is 1.66. The van der Waals surface area contributed by atoms with Gasteiger partial charge in [-0.25, -0.2) is 9.97 Å². The average molecular weight is 487 g/mol. The van der Waals surface area contributed by atoms with Crippen LogP contribution in [0.15, 0.2) is 36.4 Å². The lowest BCUT2D eigenvalue weighted by molar-refractivity contribution is 0.295. The smallest absolute Gasteiger partial charge is 0.154 e. The lowest BCUT2D eigenvalue weighted by atomic mass is 10.1. The van der Waals surface area contributed by atoms with Crippen LogP contribution in [0.4, 0.5) is 5.82 Å². The van der Waals surface area contributed by atoms with E-state index in [1.54, 1.807) is 13.2 Å². The van der Waals surface area contributed by atoms with Crippen LogP contribution in [0.1, 0.15) is 45.0 Å². The molecule has 1 heterocycles. The van der Waals surface area contributed by atoms with Gasteiger partial charge in [-0.2, -0.15) is 0 Å². The summed E-state index contributed by atoms with van der Waals surface area (Å²) in [5, 5.41) is 5.73. The molecule has 0 saturated carbocycles. The molecule has 0 radical (unpaired) electrons. The Morgan fingerprint density at radius 2 is 1.85 bits per heavy atom. The molecule has 0 bridgehead atoms. The van der Waals surface area contributed by atoms with Crippen LogP contribution < -0.4 is 10.1 Å². The minimum Gasteiger partial charge on any atom is -0.497 e. The number of hydrogen-bond acceptors (Lipinski definition) is 5. The van der Waals surface area contributed by atoms with Gasteiger partial charge in [-0.05, 0) is 87.4 Å².